The van der Waals surface area contributed by atoms with Gasteiger partial charge in [-0.2, -0.15) is 0 Å². The Bertz CT molecular complexity index is 437. The third-order valence-corrected chi connectivity index (χ3v) is 3.49. The van der Waals surface area contributed by atoms with Crippen LogP contribution in [0.3, 0.4) is 0 Å². The summed E-state index contributed by atoms with van der Waals surface area (Å²) in [4.78, 5) is 9.02. The molecule has 1 rings (SSSR count). The van der Waals surface area contributed by atoms with E-state index in [1.54, 1.807) is 59.7 Å². The van der Waals surface area contributed by atoms with Crippen LogP contribution in [0.25, 0.3) is 0 Å². The third kappa shape index (κ3) is 3.56. The van der Waals surface area contributed by atoms with Crippen LogP contribution >= 0.6 is 0 Å². The van der Waals surface area contributed by atoms with Gasteiger partial charge in [0.25, 0.3) is 0 Å². The molecule has 0 amide bonds. The first-order chi connectivity index (χ1) is 8.94. The number of aliphatic hydroxyl groups is 1. The zero-order valence-corrected chi connectivity index (χ0v) is 12.9. The Hall–Kier alpha value is -0.980. The molecule has 5 nitrogen and oxygen atoms in total. The Labute approximate surface area is 119 Å². The summed E-state index contributed by atoms with van der Waals surface area (Å²) in [7, 11) is 0. The molecule has 3 N–H and O–H groups in total. The second-order valence-corrected chi connectivity index (χ2v) is 6.56. The fraction of sp³-hybridized carbons (Fsp3) is 0.600. The van der Waals surface area contributed by atoms with Crippen LogP contribution in [0.15, 0.2) is 18.2 Å². The van der Waals surface area contributed by atoms with Crippen molar-refractivity contribution in [1.82, 2.24) is 0 Å². The molecule has 1 aromatic carbocycles. The van der Waals surface area contributed by atoms with E-state index in [1.807, 2.05) is 0 Å². The molecule has 0 unspecified atom stereocenters. The lowest BCUT2D eigenvalue weighted by molar-refractivity contribution is -0.320. The Balaban J connectivity index is 3.52. The largest absolute Gasteiger partial charge is 0.386 e. The molecule has 0 saturated carbocycles. The minimum Gasteiger partial charge on any atom is -0.386 e. The zero-order chi connectivity index (χ0) is 15.8. The monoisotopic (exact) mass is 284 g/mol. The van der Waals surface area contributed by atoms with Crippen LogP contribution in [0, 0.1) is 0 Å². The van der Waals surface area contributed by atoms with Crippen LogP contribution in [-0.2, 0) is 26.6 Å². The van der Waals surface area contributed by atoms with Crippen molar-refractivity contribution in [1.29, 1.82) is 0 Å². The smallest absolute Gasteiger partial charge is 0.123 e. The Morgan fingerprint density at radius 1 is 0.700 bits per heavy atom. The lowest BCUT2D eigenvalue weighted by atomic mass is 9.85. The molecule has 20 heavy (non-hydrogen) atoms. The summed E-state index contributed by atoms with van der Waals surface area (Å²) in [6, 6.07) is 5.28. The van der Waals surface area contributed by atoms with Crippen molar-refractivity contribution in [3.63, 3.8) is 0 Å². The van der Waals surface area contributed by atoms with Gasteiger partial charge in [0.1, 0.15) is 11.2 Å². The molecule has 5 heteroatoms. The molecule has 0 aromatic heterocycles. The quantitative estimate of drug-likeness (QED) is 0.570. The van der Waals surface area contributed by atoms with Crippen molar-refractivity contribution in [3.8, 4) is 0 Å². The van der Waals surface area contributed by atoms with E-state index in [2.05, 4.69) is 9.78 Å². The van der Waals surface area contributed by atoms with Gasteiger partial charge in [-0.05, 0) is 76.4 Å². The average molecular weight is 284 g/mol. The highest BCUT2D eigenvalue weighted by Gasteiger charge is 2.30. The van der Waals surface area contributed by atoms with Gasteiger partial charge >= 0.3 is 0 Å². The number of benzene rings is 1. The van der Waals surface area contributed by atoms with Crippen molar-refractivity contribution in [2.75, 3.05) is 0 Å². The second kappa shape index (κ2) is 5.42. The maximum absolute atomic E-state index is 10.2. The summed E-state index contributed by atoms with van der Waals surface area (Å²) < 4.78 is 0. The van der Waals surface area contributed by atoms with E-state index < -0.39 is 16.8 Å². The minimum absolute atomic E-state index is 0.639. The van der Waals surface area contributed by atoms with Gasteiger partial charge < -0.3 is 5.11 Å². The van der Waals surface area contributed by atoms with Crippen molar-refractivity contribution < 1.29 is 25.4 Å². The summed E-state index contributed by atoms with van der Waals surface area (Å²) in [6.45, 7) is 10.1. The normalized spacial score (nSPS) is 13.7. The van der Waals surface area contributed by atoms with Gasteiger partial charge in [0.15, 0.2) is 0 Å². The molecular formula is C15H24O5. The maximum atomic E-state index is 10.2. The van der Waals surface area contributed by atoms with Crippen molar-refractivity contribution in [3.05, 3.63) is 34.9 Å². The van der Waals surface area contributed by atoms with Crippen LogP contribution in [0.5, 0.6) is 0 Å². The Morgan fingerprint density at radius 3 is 1.25 bits per heavy atom. The summed E-state index contributed by atoms with van der Waals surface area (Å²) in [5.74, 6) is 0. The first kappa shape index (κ1) is 17.1. The molecule has 0 saturated heterocycles. The van der Waals surface area contributed by atoms with Gasteiger partial charge in [-0.1, -0.05) is 0 Å². The summed E-state index contributed by atoms with van der Waals surface area (Å²) in [5.41, 5.74) is -0.981. The van der Waals surface area contributed by atoms with Gasteiger partial charge in [-0.3, -0.25) is 10.5 Å². The highest BCUT2D eigenvalue weighted by Crippen LogP contribution is 2.34. The SMILES string of the molecule is CC(C)(O)c1cc(C(C)(C)OO)cc(C(C)(C)OO)c1. The minimum atomic E-state index is -1.07. The standard InChI is InChI=1S/C15H24O5/c1-13(2,16)10-7-11(14(3,4)19-17)9-12(8-10)15(5,6)20-18/h7-9,16-18H,1-6H3. The molecule has 0 aliphatic heterocycles. The maximum Gasteiger partial charge on any atom is 0.123 e. The number of hydrogen-bond acceptors (Lipinski definition) is 5. The molecule has 0 spiro atoms. The van der Waals surface area contributed by atoms with E-state index in [9.17, 15) is 5.11 Å². The van der Waals surface area contributed by atoms with E-state index >= 15 is 0 Å². The first-order valence-corrected chi connectivity index (χ1v) is 6.48. The van der Waals surface area contributed by atoms with Gasteiger partial charge in [0.05, 0.1) is 5.60 Å². The Kier molecular flexibility index (Phi) is 4.63. The van der Waals surface area contributed by atoms with Crippen LogP contribution in [0.4, 0.5) is 0 Å². The van der Waals surface area contributed by atoms with E-state index in [0.717, 1.165) is 0 Å². The topological polar surface area (TPSA) is 79.2 Å². The summed E-state index contributed by atoms with van der Waals surface area (Å²) in [6.07, 6.45) is 0. The molecule has 114 valence electrons. The average Bonchev–Trinajstić information content (AvgIpc) is 2.37. The van der Waals surface area contributed by atoms with Crippen LogP contribution in [-0.4, -0.2) is 15.6 Å². The summed E-state index contributed by atoms with van der Waals surface area (Å²) >= 11 is 0. The highest BCUT2D eigenvalue weighted by atomic mass is 17.1. The van der Waals surface area contributed by atoms with E-state index in [-0.39, 0.29) is 0 Å². The van der Waals surface area contributed by atoms with Gasteiger partial charge in [0, 0.05) is 0 Å². The predicted molar refractivity (Wildman–Crippen MR) is 75.2 cm³/mol. The van der Waals surface area contributed by atoms with Crippen LogP contribution in [0.2, 0.25) is 0 Å². The van der Waals surface area contributed by atoms with Crippen molar-refractivity contribution in [2.24, 2.45) is 0 Å². The van der Waals surface area contributed by atoms with Crippen LogP contribution < -0.4 is 0 Å². The van der Waals surface area contributed by atoms with Crippen molar-refractivity contribution >= 4 is 0 Å². The third-order valence-electron chi connectivity index (χ3n) is 3.49. The van der Waals surface area contributed by atoms with Crippen molar-refractivity contribution in [2.45, 2.75) is 58.3 Å². The molecule has 0 bridgehead atoms. The molecule has 0 radical (unpaired) electrons. The van der Waals surface area contributed by atoms with Gasteiger partial charge in [0.2, 0.25) is 0 Å². The van der Waals surface area contributed by atoms with E-state index in [1.165, 1.54) is 0 Å². The van der Waals surface area contributed by atoms with Gasteiger partial charge in [-0.25, -0.2) is 9.78 Å². The fourth-order valence-corrected chi connectivity index (χ4v) is 1.78. The molecule has 1 aromatic rings. The lowest BCUT2D eigenvalue weighted by Gasteiger charge is -2.29. The molecule has 0 aliphatic carbocycles. The fourth-order valence-electron chi connectivity index (χ4n) is 1.78. The number of hydrogen-bond donors (Lipinski definition) is 3. The first-order valence-electron chi connectivity index (χ1n) is 6.48. The number of rotatable bonds is 5. The van der Waals surface area contributed by atoms with Crippen LogP contribution in [0.1, 0.15) is 58.2 Å². The molecule has 0 heterocycles. The highest BCUT2D eigenvalue weighted by molar-refractivity contribution is 5.38. The zero-order valence-electron chi connectivity index (χ0n) is 12.9. The second-order valence-electron chi connectivity index (χ2n) is 6.56. The molecular weight excluding hydrogens is 260 g/mol. The predicted octanol–water partition coefficient (Wildman–Crippen LogP) is 3.36. The lowest BCUT2D eigenvalue weighted by Crippen LogP contribution is -2.26. The van der Waals surface area contributed by atoms with E-state index in [0.29, 0.717) is 16.7 Å². The van der Waals surface area contributed by atoms with E-state index in [4.69, 9.17) is 10.5 Å². The molecule has 0 atom stereocenters. The molecule has 0 fully saturated rings. The van der Waals surface area contributed by atoms with Gasteiger partial charge in [-0.15, -0.1) is 0 Å². The molecule has 0 aliphatic rings. The summed E-state index contributed by atoms with van der Waals surface area (Å²) in [5, 5.41) is 28.3. The Morgan fingerprint density at radius 2 is 1.00 bits per heavy atom.